The van der Waals surface area contributed by atoms with E-state index in [2.05, 4.69) is 15.6 Å². The highest BCUT2D eigenvalue weighted by Crippen LogP contribution is 2.31. The van der Waals surface area contributed by atoms with Crippen molar-refractivity contribution in [1.82, 2.24) is 10.6 Å². The predicted molar refractivity (Wildman–Crippen MR) is 116 cm³/mol. The van der Waals surface area contributed by atoms with Crippen LogP contribution in [0.25, 0.3) is 0 Å². The van der Waals surface area contributed by atoms with Crippen LogP contribution in [-0.2, 0) is 11.2 Å². The number of nitrogens with one attached hydrogen (secondary N) is 2. The quantitative estimate of drug-likeness (QED) is 0.433. The van der Waals surface area contributed by atoms with Crippen LogP contribution in [-0.4, -0.2) is 51.0 Å². The van der Waals surface area contributed by atoms with Gasteiger partial charge in [-0.15, -0.1) is 0 Å². The molecule has 1 saturated heterocycles. The molecule has 1 heterocycles. The highest BCUT2D eigenvalue weighted by molar-refractivity contribution is 5.79. The number of halogens is 1. The molecule has 3 rings (SSSR count). The zero-order valence-electron chi connectivity index (χ0n) is 17.4. The predicted octanol–water partition coefficient (Wildman–Crippen LogP) is 3.11. The summed E-state index contributed by atoms with van der Waals surface area (Å²) in [7, 11) is 1.72. The zero-order chi connectivity index (χ0) is 21.2. The monoisotopic (exact) mass is 415 g/mol. The minimum Gasteiger partial charge on any atom is -0.454 e. The number of nitrogens with zero attached hydrogens (tertiary/aromatic N) is 1. The molecule has 0 saturated carbocycles. The zero-order valence-corrected chi connectivity index (χ0v) is 17.4. The van der Waals surface area contributed by atoms with Gasteiger partial charge in [0.15, 0.2) is 17.5 Å². The summed E-state index contributed by atoms with van der Waals surface area (Å²) < 4.78 is 25.5. The van der Waals surface area contributed by atoms with Gasteiger partial charge in [-0.3, -0.25) is 4.99 Å². The number of aliphatic hydroxyl groups is 1. The van der Waals surface area contributed by atoms with Gasteiger partial charge in [0.05, 0.1) is 6.61 Å². The van der Waals surface area contributed by atoms with Crippen LogP contribution in [0.5, 0.6) is 11.5 Å². The summed E-state index contributed by atoms with van der Waals surface area (Å²) in [5, 5.41) is 15.9. The lowest BCUT2D eigenvalue weighted by Gasteiger charge is -2.27. The standard InChI is InChI=1S/C23H30FN3O3/c1-25-22(27-16-23(10-13-28)11-14-29-17-23)26-12-9-18-7-8-21(20(24)15-18)30-19-5-3-2-4-6-19/h2-8,15,28H,9-14,16-17H2,1H3,(H2,25,26,27). The van der Waals surface area contributed by atoms with E-state index in [4.69, 9.17) is 9.47 Å². The summed E-state index contributed by atoms with van der Waals surface area (Å²) in [6.45, 7) is 2.82. The van der Waals surface area contributed by atoms with Crippen LogP contribution in [0.4, 0.5) is 4.39 Å². The highest BCUT2D eigenvalue weighted by Gasteiger charge is 2.34. The first kappa shape index (κ1) is 22.1. The number of rotatable bonds is 9. The van der Waals surface area contributed by atoms with Crippen molar-refractivity contribution in [3.05, 3.63) is 59.9 Å². The molecule has 1 aliphatic heterocycles. The Kier molecular flexibility index (Phi) is 8.04. The largest absolute Gasteiger partial charge is 0.454 e. The van der Waals surface area contributed by atoms with Crippen LogP contribution in [0.15, 0.2) is 53.5 Å². The van der Waals surface area contributed by atoms with Crippen LogP contribution in [0, 0.1) is 11.2 Å². The highest BCUT2D eigenvalue weighted by atomic mass is 19.1. The summed E-state index contributed by atoms with van der Waals surface area (Å²) in [5.74, 6) is 1.12. The fourth-order valence-corrected chi connectivity index (χ4v) is 3.53. The number of para-hydroxylation sites is 1. The molecular weight excluding hydrogens is 385 g/mol. The molecule has 1 aliphatic rings. The Bertz CT molecular complexity index is 824. The Morgan fingerprint density at radius 1 is 1.23 bits per heavy atom. The van der Waals surface area contributed by atoms with E-state index in [0.717, 1.165) is 18.6 Å². The number of aliphatic hydroxyl groups excluding tert-OH is 1. The van der Waals surface area contributed by atoms with E-state index in [1.165, 1.54) is 6.07 Å². The topological polar surface area (TPSA) is 75.1 Å². The third-order valence-electron chi connectivity index (χ3n) is 5.35. The molecule has 0 aromatic heterocycles. The Balaban J connectivity index is 1.47. The van der Waals surface area contributed by atoms with Crippen molar-refractivity contribution in [2.45, 2.75) is 19.3 Å². The second-order valence-corrected chi connectivity index (χ2v) is 7.56. The maximum absolute atomic E-state index is 14.4. The van der Waals surface area contributed by atoms with Gasteiger partial charge in [0.2, 0.25) is 0 Å². The summed E-state index contributed by atoms with van der Waals surface area (Å²) in [6.07, 6.45) is 2.27. The molecule has 1 fully saturated rings. The normalized spacial score (nSPS) is 19.0. The molecular formula is C23H30FN3O3. The smallest absolute Gasteiger partial charge is 0.191 e. The Labute approximate surface area is 177 Å². The van der Waals surface area contributed by atoms with Gasteiger partial charge >= 0.3 is 0 Å². The second-order valence-electron chi connectivity index (χ2n) is 7.56. The van der Waals surface area contributed by atoms with E-state index in [0.29, 0.717) is 44.2 Å². The van der Waals surface area contributed by atoms with Gasteiger partial charge in [-0.1, -0.05) is 24.3 Å². The van der Waals surface area contributed by atoms with E-state index in [-0.39, 0.29) is 23.6 Å². The molecule has 0 bridgehead atoms. The fraction of sp³-hybridized carbons (Fsp3) is 0.435. The first-order chi connectivity index (χ1) is 14.6. The van der Waals surface area contributed by atoms with E-state index in [1.807, 2.05) is 24.3 Å². The van der Waals surface area contributed by atoms with Gasteiger partial charge in [-0.05, 0) is 49.1 Å². The van der Waals surface area contributed by atoms with Crippen molar-refractivity contribution in [1.29, 1.82) is 0 Å². The van der Waals surface area contributed by atoms with Crippen LogP contribution in [0.3, 0.4) is 0 Å². The van der Waals surface area contributed by atoms with Gasteiger partial charge in [-0.2, -0.15) is 0 Å². The average molecular weight is 416 g/mol. The maximum Gasteiger partial charge on any atom is 0.191 e. The summed E-state index contributed by atoms with van der Waals surface area (Å²) in [5.41, 5.74) is 0.821. The molecule has 0 aliphatic carbocycles. The molecule has 2 aromatic rings. The molecule has 2 aromatic carbocycles. The van der Waals surface area contributed by atoms with Crippen molar-refractivity contribution in [2.75, 3.05) is 40.0 Å². The van der Waals surface area contributed by atoms with Crippen LogP contribution >= 0.6 is 0 Å². The third kappa shape index (κ3) is 6.18. The van der Waals surface area contributed by atoms with E-state index < -0.39 is 0 Å². The average Bonchev–Trinajstić information content (AvgIpc) is 3.22. The molecule has 1 unspecified atom stereocenters. The van der Waals surface area contributed by atoms with Crippen molar-refractivity contribution >= 4 is 5.96 Å². The molecule has 30 heavy (non-hydrogen) atoms. The van der Waals surface area contributed by atoms with Crippen molar-refractivity contribution < 1.29 is 19.0 Å². The molecule has 0 radical (unpaired) electrons. The molecule has 6 nitrogen and oxygen atoms in total. The minimum absolute atomic E-state index is 0.0515. The molecule has 3 N–H and O–H groups in total. The lowest BCUT2D eigenvalue weighted by atomic mass is 9.84. The second kappa shape index (κ2) is 10.9. The van der Waals surface area contributed by atoms with Crippen LogP contribution < -0.4 is 15.4 Å². The number of hydrogen-bond donors (Lipinski definition) is 3. The lowest BCUT2D eigenvalue weighted by molar-refractivity contribution is 0.127. The van der Waals surface area contributed by atoms with Gasteiger partial charge < -0.3 is 25.2 Å². The SMILES string of the molecule is CN=C(NCCc1ccc(Oc2ccccc2)c(F)c1)NCC1(CCO)CCOC1. The van der Waals surface area contributed by atoms with Crippen molar-refractivity contribution in [3.63, 3.8) is 0 Å². The molecule has 7 heteroatoms. The van der Waals surface area contributed by atoms with Crippen molar-refractivity contribution in [3.8, 4) is 11.5 Å². The molecule has 0 amide bonds. The Hall–Kier alpha value is -2.64. The maximum atomic E-state index is 14.4. The van der Waals surface area contributed by atoms with Gasteiger partial charge in [-0.25, -0.2) is 4.39 Å². The number of guanidine groups is 1. The first-order valence-electron chi connectivity index (χ1n) is 10.3. The molecule has 162 valence electrons. The lowest BCUT2D eigenvalue weighted by Crippen LogP contribution is -2.45. The van der Waals surface area contributed by atoms with Crippen LogP contribution in [0.2, 0.25) is 0 Å². The number of hydrogen-bond acceptors (Lipinski definition) is 4. The fourth-order valence-electron chi connectivity index (χ4n) is 3.53. The minimum atomic E-state index is -0.383. The molecule has 1 atom stereocenters. The van der Waals surface area contributed by atoms with Gasteiger partial charge in [0.25, 0.3) is 0 Å². The number of ether oxygens (including phenoxy) is 2. The third-order valence-corrected chi connectivity index (χ3v) is 5.35. The van der Waals surface area contributed by atoms with Gasteiger partial charge in [0.1, 0.15) is 5.75 Å². The Morgan fingerprint density at radius 3 is 2.73 bits per heavy atom. The summed E-state index contributed by atoms with van der Waals surface area (Å²) in [6, 6.07) is 14.2. The summed E-state index contributed by atoms with van der Waals surface area (Å²) >= 11 is 0. The Morgan fingerprint density at radius 2 is 2.07 bits per heavy atom. The number of aliphatic imine (C=N–C) groups is 1. The van der Waals surface area contributed by atoms with E-state index in [9.17, 15) is 9.50 Å². The number of benzene rings is 2. The first-order valence-corrected chi connectivity index (χ1v) is 10.3. The van der Waals surface area contributed by atoms with Gasteiger partial charge in [0, 0.05) is 38.8 Å². The summed E-state index contributed by atoms with van der Waals surface area (Å²) in [4.78, 5) is 4.25. The molecule has 0 spiro atoms. The van der Waals surface area contributed by atoms with Crippen LogP contribution in [0.1, 0.15) is 18.4 Å². The van der Waals surface area contributed by atoms with E-state index in [1.54, 1.807) is 25.2 Å². The van der Waals surface area contributed by atoms with E-state index >= 15 is 0 Å². The van der Waals surface area contributed by atoms with Crippen molar-refractivity contribution in [2.24, 2.45) is 10.4 Å².